The van der Waals surface area contributed by atoms with Gasteiger partial charge in [-0.1, -0.05) is 30.3 Å². The van der Waals surface area contributed by atoms with Gasteiger partial charge < -0.3 is 19.7 Å². The van der Waals surface area contributed by atoms with Crippen LogP contribution >= 0.6 is 0 Å². The monoisotopic (exact) mass is 420 g/mol. The van der Waals surface area contributed by atoms with Crippen molar-refractivity contribution < 1.29 is 19.1 Å². The lowest BCUT2D eigenvalue weighted by Crippen LogP contribution is -2.30. The van der Waals surface area contributed by atoms with E-state index in [1.807, 2.05) is 30.3 Å². The van der Waals surface area contributed by atoms with Crippen molar-refractivity contribution in [3.05, 3.63) is 71.5 Å². The number of nitrogens with zero attached hydrogens (tertiary/aromatic N) is 3. The molecule has 1 aliphatic rings. The maximum absolute atomic E-state index is 13.1. The van der Waals surface area contributed by atoms with E-state index in [4.69, 9.17) is 9.47 Å². The van der Waals surface area contributed by atoms with Gasteiger partial charge in [0.2, 0.25) is 0 Å². The summed E-state index contributed by atoms with van der Waals surface area (Å²) in [6.07, 6.45) is 0.764. The Kier molecular flexibility index (Phi) is 5.88. The van der Waals surface area contributed by atoms with Gasteiger partial charge >= 0.3 is 0 Å². The molecule has 0 fully saturated rings. The van der Waals surface area contributed by atoms with Crippen LogP contribution in [-0.2, 0) is 13.1 Å². The number of rotatable bonds is 6. The third kappa shape index (κ3) is 4.37. The van der Waals surface area contributed by atoms with Crippen LogP contribution in [0.15, 0.2) is 54.6 Å². The number of hydrogen-bond donors (Lipinski definition) is 1. The summed E-state index contributed by atoms with van der Waals surface area (Å²) in [6.45, 7) is 1.74. The molecule has 8 nitrogen and oxygen atoms in total. The highest BCUT2D eigenvalue weighted by atomic mass is 16.5. The van der Waals surface area contributed by atoms with Crippen LogP contribution < -0.4 is 14.8 Å². The summed E-state index contributed by atoms with van der Waals surface area (Å²) in [5.41, 5.74) is 2.16. The van der Waals surface area contributed by atoms with Crippen LogP contribution in [0.4, 0.5) is 5.69 Å². The molecule has 0 radical (unpaired) electrons. The van der Waals surface area contributed by atoms with Crippen molar-refractivity contribution in [2.45, 2.75) is 19.5 Å². The van der Waals surface area contributed by atoms with Crippen molar-refractivity contribution in [3.8, 4) is 11.5 Å². The molecule has 2 amide bonds. The largest absolute Gasteiger partial charge is 0.497 e. The van der Waals surface area contributed by atoms with Crippen LogP contribution in [0.1, 0.15) is 33.0 Å². The van der Waals surface area contributed by atoms with E-state index in [-0.39, 0.29) is 11.6 Å². The highest BCUT2D eigenvalue weighted by Crippen LogP contribution is 2.29. The third-order valence-electron chi connectivity index (χ3n) is 5.19. The Balaban J connectivity index is 1.53. The van der Waals surface area contributed by atoms with E-state index in [2.05, 4.69) is 10.4 Å². The van der Waals surface area contributed by atoms with Crippen molar-refractivity contribution in [1.29, 1.82) is 0 Å². The van der Waals surface area contributed by atoms with E-state index in [9.17, 15) is 9.59 Å². The minimum atomic E-state index is -0.411. The van der Waals surface area contributed by atoms with Gasteiger partial charge in [0.05, 0.1) is 19.9 Å². The number of aryl methyl sites for hydroxylation is 1. The second kappa shape index (κ2) is 8.91. The molecule has 0 aliphatic carbocycles. The molecule has 0 unspecified atom stereocenters. The number of carbonyl (C=O) groups is 2. The lowest BCUT2D eigenvalue weighted by molar-refractivity contribution is 0.0745. The number of hydrogen-bond acceptors (Lipinski definition) is 5. The van der Waals surface area contributed by atoms with Crippen LogP contribution in [0, 0.1) is 0 Å². The molecule has 0 saturated carbocycles. The molecule has 1 aliphatic heterocycles. The zero-order valence-electron chi connectivity index (χ0n) is 17.5. The van der Waals surface area contributed by atoms with Crippen LogP contribution in [-0.4, -0.2) is 47.3 Å². The molecule has 4 rings (SSSR count). The van der Waals surface area contributed by atoms with Gasteiger partial charge in [-0.15, -0.1) is 0 Å². The zero-order valence-corrected chi connectivity index (χ0v) is 17.5. The van der Waals surface area contributed by atoms with Crippen LogP contribution in [0.25, 0.3) is 0 Å². The first-order valence-corrected chi connectivity index (χ1v) is 10.0. The Hall–Kier alpha value is -3.81. The van der Waals surface area contributed by atoms with Gasteiger partial charge in [0.15, 0.2) is 5.69 Å². The van der Waals surface area contributed by atoms with E-state index in [1.54, 1.807) is 41.0 Å². The quantitative estimate of drug-likeness (QED) is 0.662. The van der Waals surface area contributed by atoms with Crippen LogP contribution in [0.5, 0.6) is 11.5 Å². The fraction of sp³-hybridized carbons (Fsp3) is 0.261. The summed E-state index contributed by atoms with van der Waals surface area (Å²) < 4.78 is 12.1. The van der Waals surface area contributed by atoms with Crippen molar-refractivity contribution in [1.82, 2.24) is 14.7 Å². The molecule has 0 atom stereocenters. The maximum atomic E-state index is 13.1. The normalized spacial score (nSPS) is 13.4. The molecular formula is C23H24N4O4. The molecule has 3 aromatic rings. The van der Waals surface area contributed by atoms with E-state index in [1.165, 1.54) is 7.11 Å². The zero-order chi connectivity index (χ0) is 21.8. The Morgan fingerprint density at radius 1 is 1.06 bits per heavy atom. The van der Waals surface area contributed by atoms with Gasteiger partial charge in [-0.3, -0.25) is 14.3 Å². The van der Waals surface area contributed by atoms with Gasteiger partial charge in [-0.05, 0) is 24.1 Å². The lowest BCUT2D eigenvalue weighted by atomic mass is 10.2. The Labute approximate surface area is 180 Å². The van der Waals surface area contributed by atoms with Crippen molar-refractivity contribution in [2.75, 3.05) is 26.1 Å². The lowest BCUT2D eigenvalue weighted by Gasteiger charge is -2.20. The molecule has 0 saturated heterocycles. The SMILES string of the molecule is COc1ccc(NC(=O)c2cc3n(n2)CCCN(Cc2ccccc2)C3=O)c(OC)c1. The van der Waals surface area contributed by atoms with Crippen molar-refractivity contribution >= 4 is 17.5 Å². The fourth-order valence-corrected chi connectivity index (χ4v) is 3.59. The van der Waals surface area contributed by atoms with Gasteiger partial charge in [0.1, 0.15) is 17.2 Å². The summed E-state index contributed by atoms with van der Waals surface area (Å²) in [5, 5.41) is 7.18. The summed E-state index contributed by atoms with van der Waals surface area (Å²) in [6, 6.07) is 16.5. The number of benzene rings is 2. The second-order valence-electron chi connectivity index (χ2n) is 7.22. The number of anilines is 1. The topological polar surface area (TPSA) is 85.7 Å². The standard InChI is InChI=1S/C23H24N4O4/c1-30-17-9-10-18(21(13-17)31-2)24-22(28)19-14-20-23(29)26(11-6-12-27(20)25-19)15-16-7-4-3-5-8-16/h3-5,7-10,13-14H,6,11-12,15H2,1-2H3,(H,24,28). The average molecular weight is 420 g/mol. The van der Waals surface area contributed by atoms with E-state index in [0.29, 0.717) is 42.5 Å². The molecule has 31 heavy (non-hydrogen) atoms. The first-order valence-electron chi connectivity index (χ1n) is 10.0. The number of carbonyl (C=O) groups excluding carboxylic acids is 2. The predicted octanol–water partition coefficient (Wildman–Crippen LogP) is 3.20. The number of fused-ring (bicyclic) bond motifs is 1. The maximum Gasteiger partial charge on any atom is 0.276 e. The highest BCUT2D eigenvalue weighted by molar-refractivity contribution is 6.05. The molecule has 0 spiro atoms. The molecular weight excluding hydrogens is 396 g/mol. The summed E-state index contributed by atoms with van der Waals surface area (Å²) in [5.74, 6) is 0.549. The molecule has 1 N–H and O–H groups in total. The number of nitrogens with one attached hydrogen (secondary N) is 1. The van der Waals surface area contributed by atoms with Gasteiger partial charge in [-0.2, -0.15) is 5.10 Å². The fourth-order valence-electron chi connectivity index (χ4n) is 3.59. The minimum absolute atomic E-state index is 0.130. The molecule has 1 aromatic heterocycles. The van der Waals surface area contributed by atoms with Crippen molar-refractivity contribution in [3.63, 3.8) is 0 Å². The first kappa shape index (κ1) is 20.5. The smallest absolute Gasteiger partial charge is 0.276 e. The number of aromatic nitrogens is 2. The minimum Gasteiger partial charge on any atom is -0.497 e. The molecule has 2 aromatic carbocycles. The average Bonchev–Trinajstić information content (AvgIpc) is 3.17. The van der Waals surface area contributed by atoms with Crippen molar-refractivity contribution in [2.24, 2.45) is 0 Å². The molecule has 2 heterocycles. The van der Waals surface area contributed by atoms with Gasteiger partial charge in [0, 0.05) is 31.8 Å². The Morgan fingerprint density at radius 3 is 2.61 bits per heavy atom. The summed E-state index contributed by atoms with van der Waals surface area (Å²) in [4.78, 5) is 27.7. The van der Waals surface area contributed by atoms with E-state index < -0.39 is 5.91 Å². The molecule has 0 bridgehead atoms. The van der Waals surface area contributed by atoms with Gasteiger partial charge in [0.25, 0.3) is 11.8 Å². The summed E-state index contributed by atoms with van der Waals surface area (Å²) in [7, 11) is 3.08. The number of methoxy groups -OCH3 is 2. The van der Waals surface area contributed by atoms with E-state index >= 15 is 0 Å². The van der Waals surface area contributed by atoms with E-state index in [0.717, 1.165) is 12.0 Å². The van der Waals surface area contributed by atoms with Crippen LogP contribution in [0.2, 0.25) is 0 Å². The molecule has 160 valence electrons. The first-order chi connectivity index (χ1) is 15.1. The number of amides is 2. The van der Waals surface area contributed by atoms with Crippen LogP contribution in [0.3, 0.4) is 0 Å². The Bertz CT molecular complexity index is 1090. The molecule has 8 heteroatoms. The highest BCUT2D eigenvalue weighted by Gasteiger charge is 2.26. The predicted molar refractivity (Wildman–Crippen MR) is 116 cm³/mol. The Morgan fingerprint density at radius 2 is 1.87 bits per heavy atom. The van der Waals surface area contributed by atoms with Gasteiger partial charge in [-0.25, -0.2) is 0 Å². The number of ether oxygens (including phenoxy) is 2. The summed E-state index contributed by atoms with van der Waals surface area (Å²) >= 11 is 0. The second-order valence-corrected chi connectivity index (χ2v) is 7.22. The third-order valence-corrected chi connectivity index (χ3v) is 5.19.